The number of rotatable bonds is 5. The van der Waals surface area contributed by atoms with Crippen LogP contribution in [0.3, 0.4) is 0 Å². The van der Waals surface area contributed by atoms with Gasteiger partial charge in [0.15, 0.2) is 0 Å². The van der Waals surface area contributed by atoms with Gasteiger partial charge in [-0.25, -0.2) is 0 Å². The van der Waals surface area contributed by atoms with E-state index >= 15 is 0 Å². The van der Waals surface area contributed by atoms with E-state index in [1.54, 1.807) is 11.3 Å². The molecule has 1 saturated carbocycles. The summed E-state index contributed by atoms with van der Waals surface area (Å²) in [6, 6.07) is 5.28. The molecule has 3 fully saturated rings. The molecule has 1 aromatic rings. The van der Waals surface area contributed by atoms with E-state index in [2.05, 4.69) is 27.3 Å². The summed E-state index contributed by atoms with van der Waals surface area (Å²) in [7, 11) is 0. The monoisotopic (exact) mass is 334 g/mol. The molecule has 0 bridgehead atoms. The highest BCUT2D eigenvalue weighted by Gasteiger charge is 2.43. The first-order valence-corrected chi connectivity index (χ1v) is 9.83. The molecular formula is C18H26N2O2S. The number of carbonyl (C=O) groups excluding carboxylic acids is 1. The van der Waals surface area contributed by atoms with Gasteiger partial charge in [-0.1, -0.05) is 6.07 Å². The minimum absolute atomic E-state index is 0.328. The van der Waals surface area contributed by atoms with Crippen molar-refractivity contribution in [1.82, 2.24) is 9.80 Å². The molecule has 3 heterocycles. The zero-order chi connectivity index (χ0) is 15.6. The lowest BCUT2D eigenvalue weighted by molar-refractivity contribution is -0.140. The van der Waals surface area contributed by atoms with Gasteiger partial charge in [0.1, 0.15) is 0 Å². The number of fused-ring (bicyclic) bond motifs is 1. The summed E-state index contributed by atoms with van der Waals surface area (Å²) >= 11 is 1.79. The standard InChI is InChI=1S/C18H26N2O2S/c21-18(5-1-3-16-4-2-10-23-16)19-8-9-20-15(11-19)12-22-13-17(20)14-6-7-14/h2,4,10,14-15,17H,1,3,5-9,11-13H2/t15-,17-/m1/s1. The zero-order valence-corrected chi connectivity index (χ0v) is 14.5. The zero-order valence-electron chi connectivity index (χ0n) is 13.7. The lowest BCUT2D eigenvalue weighted by Gasteiger charge is -2.48. The molecule has 126 valence electrons. The molecule has 0 aromatic carbocycles. The van der Waals surface area contributed by atoms with Gasteiger partial charge in [0.2, 0.25) is 5.91 Å². The van der Waals surface area contributed by atoms with Gasteiger partial charge in [-0.15, -0.1) is 11.3 Å². The fourth-order valence-corrected chi connectivity index (χ4v) is 4.77. The number of thiophene rings is 1. The molecule has 5 heteroatoms. The Morgan fingerprint density at radius 2 is 2.22 bits per heavy atom. The Labute approximate surface area is 142 Å². The van der Waals surface area contributed by atoms with Gasteiger partial charge in [-0.05, 0) is 43.0 Å². The van der Waals surface area contributed by atoms with Crippen molar-refractivity contribution in [3.63, 3.8) is 0 Å². The van der Waals surface area contributed by atoms with Gasteiger partial charge >= 0.3 is 0 Å². The summed E-state index contributed by atoms with van der Waals surface area (Å²) in [5, 5.41) is 2.11. The number of hydrogen-bond acceptors (Lipinski definition) is 4. The van der Waals surface area contributed by atoms with Crippen molar-refractivity contribution in [2.45, 2.75) is 44.2 Å². The molecule has 23 heavy (non-hydrogen) atoms. The van der Waals surface area contributed by atoms with Gasteiger partial charge in [-0.3, -0.25) is 9.69 Å². The molecule has 2 saturated heterocycles. The topological polar surface area (TPSA) is 32.8 Å². The molecule has 2 aliphatic heterocycles. The van der Waals surface area contributed by atoms with Crippen LogP contribution in [0.2, 0.25) is 0 Å². The van der Waals surface area contributed by atoms with Crippen molar-refractivity contribution in [2.24, 2.45) is 5.92 Å². The number of aryl methyl sites for hydroxylation is 1. The van der Waals surface area contributed by atoms with Crippen LogP contribution < -0.4 is 0 Å². The minimum Gasteiger partial charge on any atom is -0.378 e. The van der Waals surface area contributed by atoms with Gasteiger partial charge in [-0.2, -0.15) is 0 Å². The fourth-order valence-electron chi connectivity index (χ4n) is 4.02. The number of nitrogens with zero attached hydrogens (tertiary/aromatic N) is 2. The summed E-state index contributed by atoms with van der Waals surface area (Å²) in [5.74, 6) is 1.18. The number of ether oxygens (including phenoxy) is 1. The summed E-state index contributed by atoms with van der Waals surface area (Å²) in [4.78, 5) is 18.6. The van der Waals surface area contributed by atoms with E-state index in [0.29, 0.717) is 24.4 Å². The molecule has 0 spiro atoms. The Bertz CT molecular complexity index is 529. The Hall–Kier alpha value is -0.910. The van der Waals surface area contributed by atoms with Crippen LogP contribution in [0.1, 0.15) is 30.6 Å². The van der Waals surface area contributed by atoms with Crippen molar-refractivity contribution >= 4 is 17.2 Å². The average molecular weight is 334 g/mol. The molecular weight excluding hydrogens is 308 g/mol. The van der Waals surface area contributed by atoms with Crippen molar-refractivity contribution in [3.8, 4) is 0 Å². The third kappa shape index (κ3) is 3.62. The number of morpholine rings is 1. The van der Waals surface area contributed by atoms with Crippen molar-refractivity contribution in [3.05, 3.63) is 22.4 Å². The number of amides is 1. The van der Waals surface area contributed by atoms with E-state index in [1.807, 2.05) is 0 Å². The highest BCUT2D eigenvalue weighted by molar-refractivity contribution is 7.09. The molecule has 1 aliphatic carbocycles. The van der Waals surface area contributed by atoms with Crippen LogP contribution in [0.15, 0.2) is 17.5 Å². The van der Waals surface area contributed by atoms with Crippen LogP contribution in [-0.2, 0) is 16.0 Å². The van der Waals surface area contributed by atoms with E-state index in [-0.39, 0.29) is 0 Å². The Morgan fingerprint density at radius 1 is 1.30 bits per heavy atom. The van der Waals surface area contributed by atoms with Crippen LogP contribution in [0.25, 0.3) is 0 Å². The molecule has 0 radical (unpaired) electrons. The lowest BCUT2D eigenvalue weighted by atomic mass is 10.0. The summed E-state index contributed by atoms with van der Waals surface area (Å²) in [6.45, 7) is 4.49. The van der Waals surface area contributed by atoms with Gasteiger partial charge < -0.3 is 9.64 Å². The molecule has 0 unspecified atom stereocenters. The van der Waals surface area contributed by atoms with E-state index in [9.17, 15) is 4.79 Å². The Balaban J connectivity index is 1.26. The van der Waals surface area contributed by atoms with E-state index in [0.717, 1.165) is 51.6 Å². The summed E-state index contributed by atoms with van der Waals surface area (Å²) in [6.07, 6.45) is 5.40. The van der Waals surface area contributed by atoms with Crippen LogP contribution in [-0.4, -0.2) is 60.6 Å². The summed E-state index contributed by atoms with van der Waals surface area (Å²) in [5.41, 5.74) is 0. The summed E-state index contributed by atoms with van der Waals surface area (Å²) < 4.78 is 5.83. The van der Waals surface area contributed by atoms with Crippen molar-refractivity contribution in [2.75, 3.05) is 32.8 Å². The minimum atomic E-state index is 0.328. The largest absolute Gasteiger partial charge is 0.378 e. The maximum Gasteiger partial charge on any atom is 0.222 e. The second kappa shape index (κ2) is 6.91. The third-order valence-corrected chi connectivity index (χ3v) is 6.40. The molecule has 2 atom stereocenters. The maximum absolute atomic E-state index is 12.5. The van der Waals surface area contributed by atoms with Crippen LogP contribution in [0, 0.1) is 5.92 Å². The van der Waals surface area contributed by atoms with E-state index in [1.165, 1.54) is 17.7 Å². The number of piperazine rings is 1. The quantitative estimate of drug-likeness (QED) is 0.829. The highest BCUT2D eigenvalue weighted by atomic mass is 32.1. The molecule has 4 rings (SSSR count). The number of hydrogen-bond donors (Lipinski definition) is 0. The highest BCUT2D eigenvalue weighted by Crippen LogP contribution is 2.38. The van der Waals surface area contributed by atoms with Crippen molar-refractivity contribution < 1.29 is 9.53 Å². The lowest BCUT2D eigenvalue weighted by Crippen LogP contribution is -2.63. The Morgan fingerprint density at radius 3 is 3.00 bits per heavy atom. The molecule has 1 aromatic heterocycles. The van der Waals surface area contributed by atoms with E-state index < -0.39 is 0 Å². The predicted octanol–water partition coefficient (Wildman–Crippen LogP) is 2.39. The first kappa shape index (κ1) is 15.6. The number of carbonyl (C=O) groups is 1. The van der Waals surface area contributed by atoms with Gasteiger partial charge in [0.25, 0.3) is 0 Å². The first-order valence-electron chi connectivity index (χ1n) is 8.95. The molecule has 1 amide bonds. The van der Waals surface area contributed by atoms with E-state index in [4.69, 9.17) is 4.74 Å². The molecule has 0 N–H and O–H groups in total. The van der Waals surface area contributed by atoms with Crippen LogP contribution in [0.5, 0.6) is 0 Å². The molecule has 4 nitrogen and oxygen atoms in total. The van der Waals surface area contributed by atoms with Crippen molar-refractivity contribution in [1.29, 1.82) is 0 Å². The maximum atomic E-state index is 12.5. The SMILES string of the molecule is O=C(CCCc1cccs1)N1CCN2[C@@H](COC[C@@H]2C2CC2)C1. The second-order valence-electron chi connectivity index (χ2n) is 7.11. The normalized spacial score (nSPS) is 28.6. The first-order chi connectivity index (χ1) is 11.3. The molecule has 3 aliphatic rings. The fraction of sp³-hybridized carbons (Fsp3) is 0.722. The third-order valence-electron chi connectivity index (χ3n) is 5.47. The van der Waals surface area contributed by atoms with Crippen LogP contribution >= 0.6 is 11.3 Å². The Kier molecular flexibility index (Phi) is 4.69. The van der Waals surface area contributed by atoms with Gasteiger partial charge in [0.05, 0.1) is 19.3 Å². The average Bonchev–Trinajstić information content (AvgIpc) is 3.30. The van der Waals surface area contributed by atoms with Crippen LogP contribution in [0.4, 0.5) is 0 Å². The van der Waals surface area contributed by atoms with Gasteiger partial charge in [0, 0.05) is 37.0 Å². The predicted molar refractivity (Wildman–Crippen MR) is 91.7 cm³/mol. The second-order valence-corrected chi connectivity index (χ2v) is 8.14. The smallest absolute Gasteiger partial charge is 0.222 e.